The van der Waals surface area contributed by atoms with Crippen molar-refractivity contribution in [3.05, 3.63) is 48.3 Å². The van der Waals surface area contributed by atoms with Gasteiger partial charge in [-0.3, -0.25) is 4.68 Å². The van der Waals surface area contributed by atoms with Gasteiger partial charge in [-0.15, -0.1) is 0 Å². The SMILES string of the molecule is COCCn1cc(NC(COC)c2ccccc2)cn1. The molecule has 5 nitrogen and oxygen atoms in total. The molecule has 1 unspecified atom stereocenters. The Morgan fingerprint density at radius 3 is 2.70 bits per heavy atom. The molecule has 1 heterocycles. The van der Waals surface area contributed by atoms with Gasteiger partial charge in [0, 0.05) is 20.4 Å². The molecule has 0 amide bonds. The second-order valence-electron chi connectivity index (χ2n) is 4.55. The molecule has 0 radical (unpaired) electrons. The first-order valence-corrected chi connectivity index (χ1v) is 6.65. The summed E-state index contributed by atoms with van der Waals surface area (Å²) in [5, 5.41) is 7.74. The number of ether oxygens (including phenoxy) is 2. The summed E-state index contributed by atoms with van der Waals surface area (Å²) in [6.07, 6.45) is 3.80. The fourth-order valence-corrected chi connectivity index (χ4v) is 2.02. The number of rotatable bonds is 8. The maximum Gasteiger partial charge on any atom is 0.0748 e. The Bertz CT molecular complexity index is 499. The van der Waals surface area contributed by atoms with Crippen LogP contribution >= 0.6 is 0 Å². The summed E-state index contributed by atoms with van der Waals surface area (Å²) in [7, 11) is 3.40. The van der Waals surface area contributed by atoms with Crippen LogP contribution in [0.2, 0.25) is 0 Å². The minimum atomic E-state index is 0.112. The van der Waals surface area contributed by atoms with Crippen LogP contribution in [-0.4, -0.2) is 37.2 Å². The van der Waals surface area contributed by atoms with Crippen molar-refractivity contribution >= 4 is 5.69 Å². The molecule has 0 aliphatic heterocycles. The number of hydrogen-bond acceptors (Lipinski definition) is 4. The average Bonchev–Trinajstić information content (AvgIpc) is 2.93. The molecule has 2 aromatic rings. The predicted octanol–water partition coefficient (Wildman–Crippen LogP) is 2.33. The summed E-state index contributed by atoms with van der Waals surface area (Å²) in [6.45, 7) is 2.01. The highest BCUT2D eigenvalue weighted by Crippen LogP contribution is 2.19. The molecule has 2 rings (SSSR count). The molecule has 5 heteroatoms. The predicted molar refractivity (Wildman–Crippen MR) is 78.8 cm³/mol. The summed E-state index contributed by atoms with van der Waals surface area (Å²) in [6, 6.07) is 10.4. The molecular formula is C15H21N3O2. The number of benzene rings is 1. The molecule has 20 heavy (non-hydrogen) atoms. The van der Waals surface area contributed by atoms with E-state index in [2.05, 4.69) is 22.5 Å². The molecule has 0 saturated carbocycles. The lowest BCUT2D eigenvalue weighted by Crippen LogP contribution is -2.15. The van der Waals surface area contributed by atoms with Crippen LogP contribution in [0.1, 0.15) is 11.6 Å². The number of aromatic nitrogens is 2. The molecule has 1 aromatic heterocycles. The zero-order valence-electron chi connectivity index (χ0n) is 12.0. The van der Waals surface area contributed by atoms with Crippen molar-refractivity contribution in [1.82, 2.24) is 9.78 Å². The van der Waals surface area contributed by atoms with Gasteiger partial charge in [0.1, 0.15) is 0 Å². The van der Waals surface area contributed by atoms with Crippen LogP contribution < -0.4 is 5.32 Å². The van der Waals surface area contributed by atoms with Crippen molar-refractivity contribution in [2.45, 2.75) is 12.6 Å². The van der Waals surface area contributed by atoms with E-state index in [4.69, 9.17) is 9.47 Å². The van der Waals surface area contributed by atoms with Crippen molar-refractivity contribution in [3.8, 4) is 0 Å². The van der Waals surface area contributed by atoms with Crippen LogP contribution in [0.4, 0.5) is 5.69 Å². The second-order valence-corrected chi connectivity index (χ2v) is 4.55. The highest BCUT2D eigenvalue weighted by atomic mass is 16.5. The molecule has 1 N–H and O–H groups in total. The van der Waals surface area contributed by atoms with E-state index in [1.807, 2.05) is 35.3 Å². The molecule has 0 aliphatic rings. The van der Waals surface area contributed by atoms with Gasteiger partial charge < -0.3 is 14.8 Å². The Morgan fingerprint density at radius 2 is 2.00 bits per heavy atom. The zero-order valence-corrected chi connectivity index (χ0v) is 12.0. The minimum absolute atomic E-state index is 0.112. The molecule has 0 aliphatic carbocycles. The molecule has 0 saturated heterocycles. The third kappa shape index (κ3) is 4.08. The highest BCUT2D eigenvalue weighted by Gasteiger charge is 2.11. The summed E-state index contributed by atoms with van der Waals surface area (Å²) in [5.74, 6) is 0. The van der Waals surface area contributed by atoms with E-state index in [-0.39, 0.29) is 6.04 Å². The third-order valence-corrected chi connectivity index (χ3v) is 3.03. The Kier molecular flexibility index (Phi) is 5.58. The smallest absolute Gasteiger partial charge is 0.0748 e. The van der Waals surface area contributed by atoms with Gasteiger partial charge in [-0.25, -0.2) is 0 Å². The van der Waals surface area contributed by atoms with Crippen LogP contribution in [0.3, 0.4) is 0 Å². The first-order chi connectivity index (χ1) is 9.83. The van der Waals surface area contributed by atoms with E-state index in [9.17, 15) is 0 Å². The van der Waals surface area contributed by atoms with Gasteiger partial charge in [0.15, 0.2) is 0 Å². The molecule has 1 atom stereocenters. The van der Waals surface area contributed by atoms with Crippen molar-refractivity contribution in [2.75, 3.05) is 32.8 Å². The van der Waals surface area contributed by atoms with Crippen LogP contribution in [0.15, 0.2) is 42.7 Å². The Morgan fingerprint density at radius 1 is 1.20 bits per heavy atom. The van der Waals surface area contributed by atoms with Gasteiger partial charge in [-0.2, -0.15) is 5.10 Å². The topological polar surface area (TPSA) is 48.3 Å². The molecule has 0 fully saturated rings. The van der Waals surface area contributed by atoms with Gasteiger partial charge in [0.05, 0.1) is 37.7 Å². The zero-order chi connectivity index (χ0) is 14.2. The van der Waals surface area contributed by atoms with Crippen molar-refractivity contribution in [3.63, 3.8) is 0 Å². The maximum atomic E-state index is 5.29. The van der Waals surface area contributed by atoms with E-state index >= 15 is 0 Å². The van der Waals surface area contributed by atoms with Crippen LogP contribution in [0, 0.1) is 0 Å². The molecule has 0 bridgehead atoms. The largest absolute Gasteiger partial charge is 0.383 e. The molecule has 1 aromatic carbocycles. The Hall–Kier alpha value is -1.85. The van der Waals surface area contributed by atoms with Crippen LogP contribution in [0.25, 0.3) is 0 Å². The Balaban J connectivity index is 2.02. The first kappa shape index (κ1) is 14.6. The Labute approximate surface area is 119 Å². The summed E-state index contributed by atoms with van der Waals surface area (Å²) in [4.78, 5) is 0. The van der Waals surface area contributed by atoms with E-state index in [1.165, 1.54) is 5.56 Å². The number of nitrogens with one attached hydrogen (secondary N) is 1. The number of hydrogen-bond donors (Lipinski definition) is 1. The lowest BCUT2D eigenvalue weighted by Gasteiger charge is -2.18. The quantitative estimate of drug-likeness (QED) is 0.803. The van der Waals surface area contributed by atoms with E-state index in [0.29, 0.717) is 13.2 Å². The van der Waals surface area contributed by atoms with E-state index in [0.717, 1.165) is 12.2 Å². The fraction of sp³-hybridized carbons (Fsp3) is 0.400. The van der Waals surface area contributed by atoms with E-state index in [1.54, 1.807) is 14.2 Å². The highest BCUT2D eigenvalue weighted by molar-refractivity contribution is 5.41. The maximum absolute atomic E-state index is 5.29. The lowest BCUT2D eigenvalue weighted by atomic mass is 10.1. The molecule has 0 spiro atoms. The van der Waals surface area contributed by atoms with Gasteiger partial charge in [0.2, 0.25) is 0 Å². The molecular weight excluding hydrogens is 254 g/mol. The third-order valence-electron chi connectivity index (χ3n) is 3.03. The van der Waals surface area contributed by atoms with Gasteiger partial charge in [0.25, 0.3) is 0 Å². The summed E-state index contributed by atoms with van der Waals surface area (Å²) in [5.41, 5.74) is 2.17. The van der Waals surface area contributed by atoms with Gasteiger partial charge in [-0.05, 0) is 5.56 Å². The van der Waals surface area contributed by atoms with Gasteiger partial charge in [-0.1, -0.05) is 30.3 Å². The van der Waals surface area contributed by atoms with Crippen LogP contribution in [0.5, 0.6) is 0 Å². The summed E-state index contributed by atoms with van der Waals surface area (Å²) < 4.78 is 12.2. The van der Waals surface area contributed by atoms with Gasteiger partial charge >= 0.3 is 0 Å². The van der Waals surface area contributed by atoms with E-state index < -0.39 is 0 Å². The normalized spacial score (nSPS) is 12.3. The van der Waals surface area contributed by atoms with Crippen molar-refractivity contribution < 1.29 is 9.47 Å². The van der Waals surface area contributed by atoms with Crippen LogP contribution in [-0.2, 0) is 16.0 Å². The fourth-order valence-electron chi connectivity index (χ4n) is 2.02. The second kappa shape index (κ2) is 7.67. The van der Waals surface area contributed by atoms with Crippen molar-refractivity contribution in [1.29, 1.82) is 0 Å². The monoisotopic (exact) mass is 275 g/mol. The minimum Gasteiger partial charge on any atom is -0.383 e. The average molecular weight is 275 g/mol. The standard InChI is InChI=1S/C15H21N3O2/c1-19-9-8-18-11-14(10-16-18)17-15(12-20-2)13-6-4-3-5-7-13/h3-7,10-11,15,17H,8-9,12H2,1-2H3. The first-order valence-electron chi connectivity index (χ1n) is 6.65. The lowest BCUT2D eigenvalue weighted by molar-refractivity contribution is 0.183. The number of methoxy groups -OCH3 is 2. The van der Waals surface area contributed by atoms with Crippen molar-refractivity contribution in [2.24, 2.45) is 0 Å². The molecule has 108 valence electrons. The number of anilines is 1. The number of nitrogens with zero attached hydrogens (tertiary/aromatic N) is 2. The summed E-state index contributed by atoms with van der Waals surface area (Å²) >= 11 is 0.